The van der Waals surface area contributed by atoms with Crippen molar-refractivity contribution in [1.82, 2.24) is 15.3 Å². The van der Waals surface area contributed by atoms with Crippen LogP contribution in [0.4, 0.5) is 5.82 Å². The Hall–Kier alpha value is -0.980. The molecule has 2 heterocycles. The van der Waals surface area contributed by atoms with Crippen LogP contribution in [0.15, 0.2) is 33.5 Å². The second kappa shape index (κ2) is 6.65. The smallest absolute Gasteiger partial charge is 0.128 e. The van der Waals surface area contributed by atoms with Crippen LogP contribution in [0.1, 0.15) is 29.8 Å². The van der Waals surface area contributed by atoms with E-state index in [1.54, 1.807) is 12.4 Å². The lowest BCUT2D eigenvalue weighted by atomic mass is 10.0. The van der Waals surface area contributed by atoms with E-state index in [4.69, 9.17) is 5.73 Å². The summed E-state index contributed by atoms with van der Waals surface area (Å²) < 4.78 is 1.86. The van der Waals surface area contributed by atoms with Crippen LogP contribution in [0.2, 0.25) is 0 Å². The van der Waals surface area contributed by atoms with Gasteiger partial charge in [0.15, 0.2) is 0 Å². The van der Waals surface area contributed by atoms with Gasteiger partial charge in [-0.25, -0.2) is 4.98 Å². The zero-order valence-corrected chi connectivity index (χ0v) is 14.5. The molecule has 0 aliphatic heterocycles. The molecule has 2 aromatic rings. The first-order valence-electron chi connectivity index (χ1n) is 6.29. The first-order valence-corrected chi connectivity index (χ1v) is 7.87. The van der Waals surface area contributed by atoms with Crippen molar-refractivity contribution in [3.63, 3.8) is 0 Å². The van der Waals surface area contributed by atoms with Crippen LogP contribution in [0.5, 0.6) is 0 Å². The molecule has 4 nitrogen and oxygen atoms in total. The second-order valence-corrected chi connectivity index (χ2v) is 6.27. The number of halogens is 2. The molecule has 0 fully saturated rings. The van der Waals surface area contributed by atoms with Crippen LogP contribution in [-0.4, -0.2) is 16.5 Å². The lowest BCUT2D eigenvalue weighted by molar-refractivity contribution is 0.612. The van der Waals surface area contributed by atoms with Crippen LogP contribution in [0, 0.1) is 6.92 Å². The van der Waals surface area contributed by atoms with E-state index >= 15 is 0 Å². The summed E-state index contributed by atoms with van der Waals surface area (Å²) in [7, 11) is 0. The minimum atomic E-state index is -0.0881. The molecular formula is C14H16Br2N4. The van der Waals surface area contributed by atoms with Gasteiger partial charge in [-0.2, -0.15) is 0 Å². The number of hydrogen-bond donors (Lipinski definition) is 2. The normalized spacial score (nSPS) is 12.4. The van der Waals surface area contributed by atoms with Gasteiger partial charge in [-0.15, -0.1) is 0 Å². The molecule has 0 saturated carbocycles. The first-order chi connectivity index (χ1) is 9.52. The van der Waals surface area contributed by atoms with E-state index in [2.05, 4.69) is 54.1 Å². The predicted octanol–water partition coefficient (Wildman–Crippen LogP) is 3.59. The molecule has 0 spiro atoms. The molecule has 106 valence electrons. The maximum absolute atomic E-state index is 6.03. The van der Waals surface area contributed by atoms with E-state index in [9.17, 15) is 0 Å². The Kier molecular flexibility index (Phi) is 5.12. The van der Waals surface area contributed by atoms with E-state index in [0.29, 0.717) is 5.82 Å². The van der Waals surface area contributed by atoms with Crippen molar-refractivity contribution in [1.29, 1.82) is 0 Å². The summed E-state index contributed by atoms with van der Waals surface area (Å²) in [4.78, 5) is 8.74. The molecule has 1 atom stereocenters. The van der Waals surface area contributed by atoms with E-state index in [-0.39, 0.29) is 6.04 Å². The van der Waals surface area contributed by atoms with Gasteiger partial charge in [-0.3, -0.25) is 4.98 Å². The fourth-order valence-corrected chi connectivity index (χ4v) is 3.25. The van der Waals surface area contributed by atoms with Crippen molar-refractivity contribution in [3.05, 3.63) is 50.3 Å². The van der Waals surface area contributed by atoms with Crippen molar-refractivity contribution in [2.75, 3.05) is 12.3 Å². The fraction of sp³-hybridized carbons (Fsp3) is 0.286. The maximum Gasteiger partial charge on any atom is 0.128 e. The molecule has 0 saturated heterocycles. The zero-order valence-electron chi connectivity index (χ0n) is 11.3. The molecule has 3 N–H and O–H groups in total. The number of hydrogen-bond acceptors (Lipinski definition) is 4. The SMILES string of the molecule is CCNC(c1cc(C)cnc1N)c1ncc(Br)cc1Br. The predicted molar refractivity (Wildman–Crippen MR) is 88.5 cm³/mol. The second-order valence-electron chi connectivity index (χ2n) is 4.50. The Bertz CT molecular complexity index is 616. The van der Waals surface area contributed by atoms with Gasteiger partial charge in [0.1, 0.15) is 5.82 Å². The summed E-state index contributed by atoms with van der Waals surface area (Å²) in [6.07, 6.45) is 3.55. The number of nitrogens with zero attached hydrogens (tertiary/aromatic N) is 2. The van der Waals surface area contributed by atoms with Crippen molar-refractivity contribution in [2.45, 2.75) is 19.9 Å². The van der Waals surface area contributed by atoms with Gasteiger partial charge in [0.05, 0.1) is 11.7 Å². The van der Waals surface area contributed by atoms with E-state index in [1.807, 2.05) is 19.1 Å². The molecule has 2 aromatic heterocycles. The molecule has 6 heteroatoms. The summed E-state index contributed by atoms with van der Waals surface area (Å²) in [5.41, 5.74) is 8.95. The molecule has 0 aliphatic carbocycles. The number of nitrogens with one attached hydrogen (secondary N) is 1. The van der Waals surface area contributed by atoms with Crippen molar-refractivity contribution >= 4 is 37.7 Å². The van der Waals surface area contributed by atoms with Gasteiger partial charge in [0.2, 0.25) is 0 Å². The third-order valence-electron chi connectivity index (χ3n) is 2.92. The number of rotatable bonds is 4. The van der Waals surface area contributed by atoms with Crippen LogP contribution in [-0.2, 0) is 0 Å². The lowest BCUT2D eigenvalue weighted by Gasteiger charge is -2.20. The van der Waals surface area contributed by atoms with Crippen molar-refractivity contribution < 1.29 is 0 Å². The van der Waals surface area contributed by atoms with Gasteiger partial charge in [0.25, 0.3) is 0 Å². The molecule has 1 unspecified atom stereocenters. The summed E-state index contributed by atoms with van der Waals surface area (Å²) in [6, 6.07) is 3.94. The largest absolute Gasteiger partial charge is 0.383 e. The Morgan fingerprint density at radius 2 is 2.00 bits per heavy atom. The minimum absolute atomic E-state index is 0.0881. The van der Waals surface area contributed by atoms with Gasteiger partial charge in [0, 0.05) is 26.9 Å². The highest BCUT2D eigenvalue weighted by molar-refractivity contribution is 9.11. The van der Waals surface area contributed by atoms with Gasteiger partial charge in [-0.05, 0) is 63.0 Å². The molecule has 0 amide bonds. The van der Waals surface area contributed by atoms with Crippen LogP contribution < -0.4 is 11.1 Å². The summed E-state index contributed by atoms with van der Waals surface area (Å²) >= 11 is 6.98. The summed E-state index contributed by atoms with van der Waals surface area (Å²) in [6.45, 7) is 4.87. The number of aromatic nitrogens is 2. The third kappa shape index (κ3) is 3.37. The molecule has 0 aliphatic rings. The average Bonchev–Trinajstić information content (AvgIpc) is 2.40. The molecular weight excluding hydrogens is 384 g/mol. The number of nitrogens with two attached hydrogens (primary N) is 1. The van der Waals surface area contributed by atoms with Gasteiger partial charge in [-0.1, -0.05) is 6.92 Å². The van der Waals surface area contributed by atoms with Crippen molar-refractivity contribution in [2.24, 2.45) is 0 Å². The summed E-state index contributed by atoms with van der Waals surface area (Å²) in [5, 5.41) is 3.42. The van der Waals surface area contributed by atoms with Crippen LogP contribution in [0.25, 0.3) is 0 Å². The highest BCUT2D eigenvalue weighted by Crippen LogP contribution is 2.31. The van der Waals surface area contributed by atoms with Crippen LogP contribution in [0.3, 0.4) is 0 Å². The highest BCUT2D eigenvalue weighted by atomic mass is 79.9. The first kappa shape index (κ1) is 15.4. The molecule has 0 bridgehead atoms. The Morgan fingerprint density at radius 3 is 2.65 bits per heavy atom. The van der Waals surface area contributed by atoms with E-state index in [0.717, 1.165) is 32.3 Å². The third-order valence-corrected chi connectivity index (χ3v) is 3.98. The zero-order chi connectivity index (χ0) is 14.7. The van der Waals surface area contributed by atoms with E-state index in [1.165, 1.54) is 0 Å². The summed E-state index contributed by atoms with van der Waals surface area (Å²) in [5.74, 6) is 0.526. The molecule has 20 heavy (non-hydrogen) atoms. The van der Waals surface area contributed by atoms with Gasteiger partial charge >= 0.3 is 0 Å². The topological polar surface area (TPSA) is 63.8 Å². The number of aryl methyl sites for hydroxylation is 1. The van der Waals surface area contributed by atoms with Crippen molar-refractivity contribution in [3.8, 4) is 0 Å². The number of nitrogen functional groups attached to an aromatic ring is 1. The number of pyridine rings is 2. The lowest BCUT2D eigenvalue weighted by Crippen LogP contribution is -2.24. The number of anilines is 1. The Balaban J connectivity index is 2.53. The minimum Gasteiger partial charge on any atom is -0.383 e. The quantitative estimate of drug-likeness (QED) is 0.824. The molecule has 2 rings (SSSR count). The van der Waals surface area contributed by atoms with Gasteiger partial charge < -0.3 is 11.1 Å². The van der Waals surface area contributed by atoms with E-state index < -0.39 is 0 Å². The molecule has 0 aromatic carbocycles. The van der Waals surface area contributed by atoms with Crippen LogP contribution >= 0.6 is 31.9 Å². The fourth-order valence-electron chi connectivity index (χ4n) is 2.03. The Morgan fingerprint density at radius 1 is 1.25 bits per heavy atom. The Labute approximate surface area is 135 Å². The molecule has 0 radical (unpaired) electrons. The highest BCUT2D eigenvalue weighted by Gasteiger charge is 2.20. The standard InChI is InChI=1S/C14H16Br2N4/c1-3-18-12(10-4-8(2)6-20-14(10)17)13-11(16)5-9(15)7-19-13/h4-7,12,18H,3H2,1-2H3,(H2,17,20). The monoisotopic (exact) mass is 398 g/mol. The average molecular weight is 400 g/mol. The maximum atomic E-state index is 6.03.